The lowest BCUT2D eigenvalue weighted by molar-refractivity contribution is 0.249. The summed E-state index contributed by atoms with van der Waals surface area (Å²) in [7, 11) is 0. The van der Waals surface area contributed by atoms with Crippen molar-refractivity contribution in [2.75, 3.05) is 18.5 Å². The number of rotatable bonds is 9. The number of ether oxygens (including phenoxy) is 1. The lowest BCUT2D eigenvalue weighted by Gasteiger charge is -2.15. The van der Waals surface area contributed by atoms with Crippen molar-refractivity contribution in [1.82, 2.24) is 5.32 Å². The van der Waals surface area contributed by atoms with Gasteiger partial charge < -0.3 is 15.4 Å². The van der Waals surface area contributed by atoms with Gasteiger partial charge in [0.15, 0.2) is 6.61 Å². The number of urea groups is 1. The van der Waals surface area contributed by atoms with Crippen LogP contribution in [-0.2, 0) is 0 Å². The minimum atomic E-state index is -0.194. The molecule has 0 spiro atoms. The van der Waals surface area contributed by atoms with E-state index in [2.05, 4.69) is 24.5 Å². The van der Waals surface area contributed by atoms with E-state index in [0.29, 0.717) is 23.9 Å². The first-order chi connectivity index (χ1) is 10.7. The Labute approximate surface area is 132 Å². The van der Waals surface area contributed by atoms with Crippen LogP contribution in [-0.4, -0.2) is 19.2 Å². The van der Waals surface area contributed by atoms with Gasteiger partial charge in [-0.2, -0.15) is 5.26 Å². The highest BCUT2D eigenvalue weighted by Crippen LogP contribution is 2.15. The van der Waals surface area contributed by atoms with Gasteiger partial charge in [-0.05, 0) is 36.6 Å². The van der Waals surface area contributed by atoms with Gasteiger partial charge in [-0.3, -0.25) is 0 Å². The molecule has 0 aliphatic heterocycles. The second-order valence-electron chi connectivity index (χ2n) is 5.22. The van der Waals surface area contributed by atoms with E-state index in [4.69, 9.17) is 10.00 Å². The van der Waals surface area contributed by atoms with E-state index in [1.165, 1.54) is 12.8 Å². The Balaban J connectivity index is 2.36. The Hall–Kier alpha value is -2.22. The van der Waals surface area contributed by atoms with E-state index in [9.17, 15) is 4.79 Å². The van der Waals surface area contributed by atoms with Gasteiger partial charge in [0, 0.05) is 12.2 Å². The molecule has 0 aromatic heterocycles. The summed E-state index contributed by atoms with van der Waals surface area (Å²) in [5.41, 5.74) is 0.698. The maximum Gasteiger partial charge on any atom is 0.319 e. The van der Waals surface area contributed by atoms with Gasteiger partial charge in [0.25, 0.3) is 0 Å². The molecule has 1 rings (SSSR count). The van der Waals surface area contributed by atoms with E-state index in [-0.39, 0.29) is 12.6 Å². The fraction of sp³-hybridized carbons (Fsp3) is 0.529. The number of unbranched alkanes of at least 4 members (excludes halogenated alkanes) is 1. The van der Waals surface area contributed by atoms with Crippen molar-refractivity contribution >= 4 is 11.7 Å². The normalized spacial score (nSPS) is 11.3. The second-order valence-corrected chi connectivity index (χ2v) is 5.22. The summed E-state index contributed by atoms with van der Waals surface area (Å²) in [6.45, 7) is 5.05. The number of hydrogen-bond donors (Lipinski definition) is 2. The Morgan fingerprint density at radius 1 is 1.32 bits per heavy atom. The van der Waals surface area contributed by atoms with Crippen molar-refractivity contribution in [3.63, 3.8) is 0 Å². The van der Waals surface area contributed by atoms with Crippen molar-refractivity contribution in [2.24, 2.45) is 5.92 Å². The van der Waals surface area contributed by atoms with Crippen LogP contribution in [0.3, 0.4) is 0 Å². The van der Waals surface area contributed by atoms with Crippen LogP contribution < -0.4 is 15.4 Å². The zero-order valence-corrected chi connectivity index (χ0v) is 13.4. The maximum atomic E-state index is 11.9. The van der Waals surface area contributed by atoms with E-state index in [1.807, 2.05) is 6.07 Å². The number of benzene rings is 1. The molecule has 0 radical (unpaired) electrons. The van der Waals surface area contributed by atoms with Crippen LogP contribution in [0.2, 0.25) is 0 Å². The third-order valence-corrected chi connectivity index (χ3v) is 3.51. The number of nitrogens with one attached hydrogen (secondary N) is 2. The monoisotopic (exact) mass is 303 g/mol. The Kier molecular flexibility index (Phi) is 8.51. The lowest BCUT2D eigenvalue weighted by atomic mass is 9.99. The van der Waals surface area contributed by atoms with E-state index in [0.717, 1.165) is 12.8 Å². The van der Waals surface area contributed by atoms with Gasteiger partial charge in [-0.25, -0.2) is 4.79 Å². The highest BCUT2D eigenvalue weighted by atomic mass is 16.5. The highest BCUT2D eigenvalue weighted by Gasteiger charge is 2.08. The zero-order valence-electron chi connectivity index (χ0n) is 13.4. The first-order valence-corrected chi connectivity index (χ1v) is 7.84. The molecule has 5 nitrogen and oxygen atoms in total. The van der Waals surface area contributed by atoms with Crippen LogP contribution in [0.5, 0.6) is 5.75 Å². The summed E-state index contributed by atoms with van der Waals surface area (Å²) in [6, 6.07) is 8.67. The molecule has 22 heavy (non-hydrogen) atoms. The van der Waals surface area contributed by atoms with Crippen LogP contribution >= 0.6 is 0 Å². The van der Waals surface area contributed by atoms with E-state index >= 15 is 0 Å². The van der Waals surface area contributed by atoms with Crippen molar-refractivity contribution < 1.29 is 9.53 Å². The number of anilines is 1. The molecule has 0 heterocycles. The molecule has 1 unspecified atom stereocenters. The fourth-order valence-electron chi connectivity index (χ4n) is 2.11. The first kappa shape index (κ1) is 17.8. The van der Waals surface area contributed by atoms with Gasteiger partial charge in [-0.15, -0.1) is 0 Å². The maximum absolute atomic E-state index is 11.9. The Morgan fingerprint density at radius 3 is 2.64 bits per heavy atom. The quantitative estimate of drug-likeness (QED) is 0.726. The van der Waals surface area contributed by atoms with Crippen LogP contribution in [0.1, 0.15) is 39.5 Å². The standard InChI is InChI=1S/C17H25N3O2/c1-3-5-6-14(4-2)13-19-17(21)20-15-7-9-16(10-8-15)22-12-11-18/h7-10,14H,3-6,12-13H2,1-2H3,(H2,19,20,21). The average molecular weight is 303 g/mol. The molecule has 120 valence electrons. The molecule has 1 atom stereocenters. The van der Waals surface area contributed by atoms with E-state index < -0.39 is 0 Å². The summed E-state index contributed by atoms with van der Waals surface area (Å²) in [5, 5.41) is 14.1. The predicted molar refractivity (Wildman–Crippen MR) is 87.9 cm³/mol. The summed E-state index contributed by atoms with van der Waals surface area (Å²) in [5.74, 6) is 1.14. The molecular formula is C17H25N3O2. The molecule has 1 aromatic rings. The zero-order chi connectivity index (χ0) is 16.2. The molecule has 2 amide bonds. The van der Waals surface area contributed by atoms with Crippen molar-refractivity contribution in [2.45, 2.75) is 39.5 Å². The molecule has 0 bridgehead atoms. The molecule has 1 aromatic carbocycles. The Morgan fingerprint density at radius 2 is 2.05 bits per heavy atom. The van der Waals surface area contributed by atoms with Crippen molar-refractivity contribution in [3.05, 3.63) is 24.3 Å². The molecule has 0 saturated carbocycles. The highest BCUT2D eigenvalue weighted by molar-refractivity contribution is 5.89. The first-order valence-electron chi connectivity index (χ1n) is 7.84. The van der Waals surface area contributed by atoms with Gasteiger partial charge in [-0.1, -0.05) is 33.1 Å². The third-order valence-electron chi connectivity index (χ3n) is 3.51. The molecule has 2 N–H and O–H groups in total. The number of nitrogens with zero attached hydrogens (tertiary/aromatic N) is 1. The number of nitriles is 1. The fourth-order valence-corrected chi connectivity index (χ4v) is 2.11. The minimum Gasteiger partial charge on any atom is -0.479 e. The van der Waals surface area contributed by atoms with Crippen LogP contribution in [0.15, 0.2) is 24.3 Å². The van der Waals surface area contributed by atoms with Gasteiger partial charge in [0.2, 0.25) is 0 Å². The summed E-state index contributed by atoms with van der Waals surface area (Å²) in [6.07, 6.45) is 4.61. The lowest BCUT2D eigenvalue weighted by Crippen LogP contribution is -2.33. The number of carbonyl (C=O) groups is 1. The van der Waals surface area contributed by atoms with Crippen LogP contribution in [0.25, 0.3) is 0 Å². The van der Waals surface area contributed by atoms with Gasteiger partial charge >= 0.3 is 6.03 Å². The summed E-state index contributed by atoms with van der Waals surface area (Å²) >= 11 is 0. The molecule has 0 aliphatic carbocycles. The van der Waals surface area contributed by atoms with Crippen molar-refractivity contribution in [1.29, 1.82) is 5.26 Å². The predicted octanol–water partition coefficient (Wildman–Crippen LogP) is 3.93. The van der Waals surface area contributed by atoms with Gasteiger partial charge in [0.05, 0.1) is 0 Å². The number of hydrogen-bond acceptors (Lipinski definition) is 3. The molecule has 0 saturated heterocycles. The smallest absolute Gasteiger partial charge is 0.319 e. The number of carbonyl (C=O) groups excluding carboxylic acids is 1. The summed E-state index contributed by atoms with van der Waals surface area (Å²) in [4.78, 5) is 11.9. The third kappa shape index (κ3) is 6.98. The minimum absolute atomic E-state index is 0.0173. The van der Waals surface area contributed by atoms with Crippen LogP contribution in [0, 0.1) is 17.2 Å². The molecule has 0 aliphatic rings. The largest absolute Gasteiger partial charge is 0.479 e. The SMILES string of the molecule is CCCCC(CC)CNC(=O)Nc1ccc(OCC#N)cc1. The molecular weight excluding hydrogens is 278 g/mol. The molecule has 5 heteroatoms. The summed E-state index contributed by atoms with van der Waals surface area (Å²) < 4.78 is 5.16. The van der Waals surface area contributed by atoms with Crippen LogP contribution in [0.4, 0.5) is 10.5 Å². The number of amides is 2. The average Bonchev–Trinajstić information content (AvgIpc) is 2.54. The van der Waals surface area contributed by atoms with E-state index in [1.54, 1.807) is 24.3 Å². The second kappa shape index (κ2) is 10.5. The Bertz CT molecular complexity index is 480. The van der Waals surface area contributed by atoms with Crippen molar-refractivity contribution in [3.8, 4) is 11.8 Å². The molecule has 0 fully saturated rings. The topological polar surface area (TPSA) is 74.2 Å². The van der Waals surface area contributed by atoms with Gasteiger partial charge in [0.1, 0.15) is 11.8 Å².